The molecule has 0 saturated carbocycles. The summed E-state index contributed by atoms with van der Waals surface area (Å²) < 4.78 is 0. The van der Waals surface area contributed by atoms with E-state index < -0.39 is 5.54 Å². The molecular formula is C16H18N2O. The fourth-order valence-electron chi connectivity index (χ4n) is 3.51. The first kappa shape index (κ1) is 12.2. The van der Waals surface area contributed by atoms with E-state index in [4.69, 9.17) is 5.73 Å². The Morgan fingerprint density at radius 1 is 1.53 bits per heavy atom. The molecule has 3 heteroatoms. The third-order valence-electron chi connectivity index (χ3n) is 4.29. The Kier molecular flexibility index (Phi) is 2.61. The van der Waals surface area contributed by atoms with E-state index in [0.717, 1.165) is 24.1 Å². The second-order valence-electron chi connectivity index (χ2n) is 5.36. The van der Waals surface area contributed by atoms with Gasteiger partial charge in [-0.15, -0.1) is 0 Å². The fourth-order valence-corrected chi connectivity index (χ4v) is 3.51. The number of fused-ring (bicyclic) bond motifs is 4. The van der Waals surface area contributed by atoms with Crippen LogP contribution in [0.25, 0.3) is 0 Å². The van der Waals surface area contributed by atoms with Gasteiger partial charge in [0.1, 0.15) is 0 Å². The zero-order valence-electron chi connectivity index (χ0n) is 11.1. The van der Waals surface area contributed by atoms with Gasteiger partial charge in [-0.2, -0.15) is 0 Å². The van der Waals surface area contributed by atoms with Gasteiger partial charge in [-0.05, 0) is 42.5 Å². The number of pyridine rings is 1. The quantitative estimate of drug-likeness (QED) is 0.754. The van der Waals surface area contributed by atoms with Crippen molar-refractivity contribution >= 4 is 0 Å². The highest BCUT2D eigenvalue weighted by Gasteiger charge is 2.43. The predicted octanol–water partition coefficient (Wildman–Crippen LogP) is 2.16. The lowest BCUT2D eigenvalue weighted by molar-refractivity contribution is 0.413. The number of hydrogen-bond donors (Lipinski definition) is 2. The van der Waals surface area contributed by atoms with Crippen LogP contribution in [0, 0.1) is 5.92 Å². The number of nitrogens with one attached hydrogen (secondary N) is 1. The normalized spacial score (nSPS) is 30.7. The maximum absolute atomic E-state index is 11.5. The summed E-state index contributed by atoms with van der Waals surface area (Å²) in [4.78, 5) is 14.4. The molecule has 1 heterocycles. The van der Waals surface area contributed by atoms with Crippen LogP contribution >= 0.6 is 0 Å². The number of aromatic nitrogens is 1. The summed E-state index contributed by atoms with van der Waals surface area (Å²) in [6, 6.07) is 3.44. The van der Waals surface area contributed by atoms with Gasteiger partial charge in [0.2, 0.25) is 5.56 Å². The second-order valence-corrected chi connectivity index (χ2v) is 5.36. The average Bonchev–Trinajstić information content (AvgIpc) is 2.37. The van der Waals surface area contributed by atoms with Crippen LogP contribution in [-0.4, -0.2) is 4.98 Å². The molecule has 0 amide bonds. The van der Waals surface area contributed by atoms with Gasteiger partial charge in [0.25, 0.3) is 0 Å². The number of rotatable bonds is 1. The zero-order valence-corrected chi connectivity index (χ0v) is 11.1. The highest BCUT2D eigenvalue weighted by molar-refractivity contribution is 5.50. The van der Waals surface area contributed by atoms with E-state index >= 15 is 0 Å². The lowest BCUT2D eigenvalue weighted by atomic mass is 9.63. The molecule has 0 spiro atoms. The Labute approximate surface area is 112 Å². The monoisotopic (exact) mass is 254 g/mol. The van der Waals surface area contributed by atoms with Crippen molar-refractivity contribution in [3.05, 3.63) is 69.7 Å². The van der Waals surface area contributed by atoms with E-state index in [1.807, 2.05) is 19.1 Å². The summed E-state index contributed by atoms with van der Waals surface area (Å²) in [5.74, 6) is 0.266. The van der Waals surface area contributed by atoms with Crippen LogP contribution in [0.4, 0.5) is 0 Å². The maximum atomic E-state index is 11.5. The average molecular weight is 254 g/mol. The van der Waals surface area contributed by atoms with E-state index in [2.05, 4.69) is 23.7 Å². The summed E-state index contributed by atoms with van der Waals surface area (Å²) in [5, 5.41) is 0. The molecule has 0 aliphatic heterocycles. The summed E-state index contributed by atoms with van der Waals surface area (Å²) >= 11 is 0. The number of aromatic amines is 1. The minimum Gasteiger partial charge on any atom is -0.326 e. The van der Waals surface area contributed by atoms with E-state index in [0.29, 0.717) is 0 Å². The molecule has 0 unspecified atom stereocenters. The molecule has 3 N–H and O–H groups in total. The first-order valence-corrected chi connectivity index (χ1v) is 6.60. The Bertz CT molecular complexity index is 666. The highest BCUT2D eigenvalue weighted by Crippen LogP contribution is 2.47. The molecule has 2 bridgehead atoms. The van der Waals surface area contributed by atoms with Crippen LogP contribution in [0.1, 0.15) is 24.6 Å². The molecule has 0 radical (unpaired) electrons. The Balaban J connectivity index is 2.26. The molecule has 98 valence electrons. The highest BCUT2D eigenvalue weighted by atomic mass is 16.1. The van der Waals surface area contributed by atoms with E-state index in [1.165, 1.54) is 11.1 Å². The van der Waals surface area contributed by atoms with Gasteiger partial charge in [0, 0.05) is 17.7 Å². The molecule has 1 aromatic heterocycles. The van der Waals surface area contributed by atoms with E-state index in [-0.39, 0.29) is 11.5 Å². The van der Waals surface area contributed by atoms with Crippen LogP contribution < -0.4 is 11.3 Å². The minimum atomic E-state index is -0.504. The third kappa shape index (κ3) is 1.65. The van der Waals surface area contributed by atoms with Gasteiger partial charge < -0.3 is 10.7 Å². The van der Waals surface area contributed by atoms with Crippen molar-refractivity contribution in [2.75, 3.05) is 0 Å². The minimum absolute atomic E-state index is 0.0581. The second kappa shape index (κ2) is 4.07. The zero-order chi connectivity index (χ0) is 13.6. The van der Waals surface area contributed by atoms with Gasteiger partial charge >= 0.3 is 0 Å². The van der Waals surface area contributed by atoms with Crippen LogP contribution in [-0.2, 0) is 12.0 Å². The molecule has 3 nitrogen and oxygen atoms in total. The molecule has 2 aliphatic rings. The molecule has 1 aromatic rings. The van der Waals surface area contributed by atoms with Crippen molar-refractivity contribution in [3.8, 4) is 0 Å². The lowest BCUT2D eigenvalue weighted by Gasteiger charge is -2.45. The van der Waals surface area contributed by atoms with Crippen LogP contribution in [0.5, 0.6) is 0 Å². The van der Waals surface area contributed by atoms with E-state index in [9.17, 15) is 4.79 Å². The van der Waals surface area contributed by atoms with Crippen molar-refractivity contribution in [3.63, 3.8) is 0 Å². The van der Waals surface area contributed by atoms with Crippen molar-refractivity contribution < 1.29 is 0 Å². The summed E-state index contributed by atoms with van der Waals surface area (Å²) in [5.41, 5.74) is 10.6. The number of hydrogen-bond acceptors (Lipinski definition) is 2. The predicted molar refractivity (Wildman–Crippen MR) is 76.8 cm³/mol. The molecular weight excluding hydrogens is 236 g/mol. The van der Waals surface area contributed by atoms with Crippen molar-refractivity contribution in [1.29, 1.82) is 0 Å². The Morgan fingerprint density at radius 3 is 3.00 bits per heavy atom. The van der Waals surface area contributed by atoms with E-state index in [1.54, 1.807) is 6.07 Å². The molecule has 2 atom stereocenters. The van der Waals surface area contributed by atoms with Gasteiger partial charge in [0.15, 0.2) is 0 Å². The third-order valence-corrected chi connectivity index (χ3v) is 4.29. The van der Waals surface area contributed by atoms with Crippen molar-refractivity contribution in [1.82, 2.24) is 4.98 Å². The molecule has 0 aromatic carbocycles. The van der Waals surface area contributed by atoms with Gasteiger partial charge in [-0.25, -0.2) is 0 Å². The van der Waals surface area contributed by atoms with Gasteiger partial charge in [-0.1, -0.05) is 24.8 Å². The van der Waals surface area contributed by atoms with Crippen LogP contribution in [0.2, 0.25) is 0 Å². The van der Waals surface area contributed by atoms with Gasteiger partial charge in [-0.3, -0.25) is 4.79 Å². The molecule has 19 heavy (non-hydrogen) atoms. The first-order chi connectivity index (χ1) is 9.08. The summed E-state index contributed by atoms with van der Waals surface area (Å²) in [7, 11) is 0. The topological polar surface area (TPSA) is 58.9 Å². The number of H-pyrrole nitrogens is 1. The summed E-state index contributed by atoms with van der Waals surface area (Å²) in [6.45, 7) is 5.90. The molecule has 0 saturated heterocycles. The van der Waals surface area contributed by atoms with Crippen LogP contribution in [0.15, 0.2) is 52.9 Å². The Hall–Kier alpha value is -1.87. The summed E-state index contributed by atoms with van der Waals surface area (Å²) in [6.07, 6.45) is 7.78. The largest absolute Gasteiger partial charge is 0.326 e. The fraction of sp³-hybridized carbons (Fsp3) is 0.312. The number of nitrogens with two attached hydrogens (primary N) is 1. The standard InChI is InChI=1S/C16H18N2O/c1-3-10-7-11-8-14-13(5-6-15(19)18-14)16(17,9-10)12(11)4-2/h3-7,11H,1,8-9,17H2,2H3,(H,18,19)/t11-,16+/m1/s1. The molecule has 3 rings (SSSR count). The van der Waals surface area contributed by atoms with Gasteiger partial charge in [0.05, 0.1) is 5.54 Å². The first-order valence-electron chi connectivity index (χ1n) is 6.60. The molecule has 2 aliphatic carbocycles. The number of allylic oxidation sites excluding steroid dienone is 3. The van der Waals surface area contributed by atoms with Crippen LogP contribution in [0.3, 0.4) is 0 Å². The Morgan fingerprint density at radius 2 is 2.32 bits per heavy atom. The SMILES string of the molecule is C=CC1=C[C@@H]2Cc3[nH]c(=O)ccc3[C@](N)(C1)C2=CC. The van der Waals surface area contributed by atoms with Crippen molar-refractivity contribution in [2.45, 2.75) is 25.3 Å². The van der Waals surface area contributed by atoms with Crippen molar-refractivity contribution in [2.24, 2.45) is 11.7 Å². The molecule has 0 fully saturated rings. The lowest BCUT2D eigenvalue weighted by Crippen LogP contribution is -2.48. The smallest absolute Gasteiger partial charge is 0.248 e. The maximum Gasteiger partial charge on any atom is 0.248 e.